The first kappa shape index (κ1) is 15.2. The van der Waals surface area contributed by atoms with Crippen molar-refractivity contribution in [1.82, 2.24) is 9.03 Å². The number of nitrogens with one attached hydrogen (secondary N) is 1. The van der Waals surface area contributed by atoms with Gasteiger partial charge in [0, 0.05) is 19.6 Å². The lowest BCUT2D eigenvalue weighted by molar-refractivity contribution is 0.00907. The summed E-state index contributed by atoms with van der Waals surface area (Å²) in [6.45, 7) is 3.42. The second-order valence-electron chi connectivity index (χ2n) is 6.22. The Morgan fingerprint density at radius 1 is 1.26 bits per heavy atom. The molecule has 6 heteroatoms. The summed E-state index contributed by atoms with van der Waals surface area (Å²) in [4.78, 5) is 0. The molecular weight excluding hydrogens is 264 g/mol. The van der Waals surface area contributed by atoms with Gasteiger partial charge in [0.05, 0.1) is 5.60 Å². The van der Waals surface area contributed by atoms with Crippen molar-refractivity contribution >= 4 is 10.2 Å². The van der Waals surface area contributed by atoms with E-state index in [9.17, 15) is 13.5 Å². The van der Waals surface area contributed by atoms with Crippen molar-refractivity contribution in [3.63, 3.8) is 0 Å². The fourth-order valence-corrected chi connectivity index (χ4v) is 4.52. The van der Waals surface area contributed by atoms with Gasteiger partial charge in [-0.05, 0) is 31.6 Å². The Balaban J connectivity index is 1.89. The minimum atomic E-state index is -3.43. The van der Waals surface area contributed by atoms with Crippen LogP contribution in [-0.4, -0.2) is 43.1 Å². The van der Waals surface area contributed by atoms with Gasteiger partial charge in [0.15, 0.2) is 0 Å². The Hall–Kier alpha value is -0.170. The molecule has 1 saturated heterocycles. The van der Waals surface area contributed by atoms with Crippen LogP contribution in [0.1, 0.15) is 51.9 Å². The molecule has 2 rings (SSSR count). The van der Waals surface area contributed by atoms with E-state index in [1.54, 1.807) is 0 Å². The van der Waals surface area contributed by atoms with Crippen molar-refractivity contribution in [3.05, 3.63) is 0 Å². The van der Waals surface area contributed by atoms with E-state index in [-0.39, 0.29) is 6.54 Å². The first-order valence-electron chi connectivity index (χ1n) is 7.38. The number of piperidine rings is 1. The number of aliphatic hydroxyl groups is 1. The number of hydrogen-bond donors (Lipinski definition) is 2. The van der Waals surface area contributed by atoms with Gasteiger partial charge in [-0.2, -0.15) is 17.4 Å². The largest absolute Gasteiger partial charge is 0.389 e. The molecular formula is C13H26N2O3S. The molecule has 5 nitrogen and oxygen atoms in total. The SMILES string of the molecule is CC1CCCN(S(=O)(=O)NCC2(O)CCCCC2)C1. The van der Waals surface area contributed by atoms with Crippen molar-refractivity contribution in [3.8, 4) is 0 Å². The molecule has 1 aliphatic carbocycles. The quantitative estimate of drug-likeness (QED) is 0.818. The summed E-state index contributed by atoms with van der Waals surface area (Å²) in [7, 11) is -3.43. The topological polar surface area (TPSA) is 69.6 Å². The minimum absolute atomic E-state index is 0.153. The summed E-state index contributed by atoms with van der Waals surface area (Å²) in [5.74, 6) is 0.420. The van der Waals surface area contributed by atoms with Crippen LogP contribution >= 0.6 is 0 Å². The van der Waals surface area contributed by atoms with Crippen LogP contribution in [0.2, 0.25) is 0 Å². The number of rotatable bonds is 4. The van der Waals surface area contributed by atoms with E-state index >= 15 is 0 Å². The fraction of sp³-hybridized carbons (Fsp3) is 1.00. The van der Waals surface area contributed by atoms with Gasteiger partial charge in [-0.15, -0.1) is 0 Å². The summed E-state index contributed by atoms with van der Waals surface area (Å²) in [6, 6.07) is 0. The molecule has 1 heterocycles. The van der Waals surface area contributed by atoms with Crippen molar-refractivity contribution in [2.75, 3.05) is 19.6 Å². The molecule has 1 aliphatic heterocycles. The van der Waals surface area contributed by atoms with Crippen molar-refractivity contribution < 1.29 is 13.5 Å². The third kappa shape index (κ3) is 4.15. The fourth-order valence-electron chi connectivity index (χ4n) is 3.07. The summed E-state index contributed by atoms with van der Waals surface area (Å²) in [5.41, 5.74) is -0.841. The maximum Gasteiger partial charge on any atom is 0.279 e. The molecule has 2 N–H and O–H groups in total. The molecule has 0 aromatic heterocycles. The van der Waals surface area contributed by atoms with Crippen molar-refractivity contribution in [1.29, 1.82) is 0 Å². The van der Waals surface area contributed by atoms with E-state index in [2.05, 4.69) is 11.6 Å². The van der Waals surface area contributed by atoms with E-state index < -0.39 is 15.8 Å². The van der Waals surface area contributed by atoms with Crippen LogP contribution in [0.25, 0.3) is 0 Å². The van der Waals surface area contributed by atoms with E-state index in [0.29, 0.717) is 31.8 Å². The molecule has 0 spiro atoms. The molecule has 2 fully saturated rings. The molecule has 0 aromatic carbocycles. The molecule has 112 valence electrons. The van der Waals surface area contributed by atoms with Gasteiger partial charge in [-0.25, -0.2) is 0 Å². The Morgan fingerprint density at radius 2 is 1.95 bits per heavy atom. The molecule has 1 saturated carbocycles. The predicted octanol–water partition coefficient (Wildman–Crippen LogP) is 1.25. The summed E-state index contributed by atoms with van der Waals surface area (Å²) in [5, 5.41) is 10.3. The Morgan fingerprint density at radius 3 is 2.58 bits per heavy atom. The van der Waals surface area contributed by atoms with Crippen molar-refractivity contribution in [2.24, 2.45) is 5.92 Å². The molecule has 0 aromatic rings. The standard InChI is InChI=1S/C13H26N2O3S/c1-12-6-5-9-15(10-12)19(17,18)14-11-13(16)7-3-2-4-8-13/h12,14,16H,2-11H2,1H3. The first-order chi connectivity index (χ1) is 8.91. The Labute approximate surface area is 116 Å². The van der Waals surface area contributed by atoms with Crippen LogP contribution in [-0.2, 0) is 10.2 Å². The van der Waals surface area contributed by atoms with Gasteiger partial charge in [-0.3, -0.25) is 0 Å². The van der Waals surface area contributed by atoms with E-state index in [1.807, 2.05) is 0 Å². The number of hydrogen-bond acceptors (Lipinski definition) is 3. The highest BCUT2D eigenvalue weighted by atomic mass is 32.2. The first-order valence-corrected chi connectivity index (χ1v) is 8.82. The average molecular weight is 290 g/mol. The number of nitrogens with zero attached hydrogens (tertiary/aromatic N) is 1. The second-order valence-corrected chi connectivity index (χ2v) is 7.97. The zero-order valence-electron chi connectivity index (χ0n) is 11.8. The Bertz CT molecular complexity index is 391. The lowest BCUT2D eigenvalue weighted by Gasteiger charge is -2.34. The molecule has 2 aliphatic rings. The molecule has 0 bridgehead atoms. The second kappa shape index (κ2) is 6.08. The van der Waals surface area contributed by atoms with Crippen LogP contribution in [0, 0.1) is 5.92 Å². The maximum absolute atomic E-state index is 12.2. The molecule has 0 amide bonds. The Kier molecular flexibility index (Phi) is 4.87. The lowest BCUT2D eigenvalue weighted by atomic mass is 9.85. The van der Waals surface area contributed by atoms with E-state index in [1.165, 1.54) is 4.31 Å². The molecule has 1 unspecified atom stereocenters. The normalized spacial score (nSPS) is 29.3. The van der Waals surface area contributed by atoms with Gasteiger partial charge >= 0.3 is 0 Å². The third-order valence-corrected chi connectivity index (χ3v) is 5.85. The lowest BCUT2D eigenvalue weighted by Crippen LogP contribution is -2.50. The van der Waals surface area contributed by atoms with Gasteiger partial charge in [0.1, 0.15) is 0 Å². The third-order valence-electron chi connectivity index (χ3n) is 4.33. The highest BCUT2D eigenvalue weighted by molar-refractivity contribution is 7.87. The van der Waals surface area contributed by atoms with Gasteiger partial charge in [0.25, 0.3) is 10.2 Å². The van der Waals surface area contributed by atoms with Crippen LogP contribution in [0.5, 0.6) is 0 Å². The molecule has 19 heavy (non-hydrogen) atoms. The zero-order valence-corrected chi connectivity index (χ0v) is 12.6. The maximum atomic E-state index is 12.2. The highest BCUT2D eigenvalue weighted by Crippen LogP contribution is 2.27. The van der Waals surface area contributed by atoms with Gasteiger partial charge in [-0.1, -0.05) is 26.2 Å². The zero-order chi connectivity index (χ0) is 13.9. The predicted molar refractivity (Wildman–Crippen MR) is 74.9 cm³/mol. The summed E-state index contributed by atoms with van der Waals surface area (Å²) < 4.78 is 28.6. The van der Waals surface area contributed by atoms with E-state index in [0.717, 1.165) is 32.1 Å². The van der Waals surface area contributed by atoms with Gasteiger partial charge < -0.3 is 5.11 Å². The average Bonchev–Trinajstić information content (AvgIpc) is 2.38. The highest BCUT2D eigenvalue weighted by Gasteiger charge is 2.33. The molecule has 0 radical (unpaired) electrons. The van der Waals surface area contributed by atoms with E-state index in [4.69, 9.17) is 0 Å². The molecule has 1 atom stereocenters. The van der Waals surface area contributed by atoms with Gasteiger partial charge in [0.2, 0.25) is 0 Å². The summed E-state index contributed by atoms with van der Waals surface area (Å²) in [6.07, 6.45) is 6.52. The van der Waals surface area contributed by atoms with Crippen molar-refractivity contribution in [2.45, 2.75) is 57.5 Å². The van der Waals surface area contributed by atoms with Crippen LogP contribution < -0.4 is 4.72 Å². The summed E-state index contributed by atoms with van der Waals surface area (Å²) >= 11 is 0. The minimum Gasteiger partial charge on any atom is -0.389 e. The monoisotopic (exact) mass is 290 g/mol. The van der Waals surface area contributed by atoms with Crippen LogP contribution in [0.3, 0.4) is 0 Å². The van der Waals surface area contributed by atoms with Crippen LogP contribution in [0.15, 0.2) is 0 Å². The smallest absolute Gasteiger partial charge is 0.279 e. The van der Waals surface area contributed by atoms with Crippen LogP contribution in [0.4, 0.5) is 0 Å².